The Balaban J connectivity index is 1.45. The monoisotopic (exact) mass is 385 g/mol. The van der Waals surface area contributed by atoms with E-state index < -0.39 is 5.82 Å². The Morgan fingerprint density at radius 1 is 1.14 bits per heavy atom. The predicted octanol–water partition coefficient (Wildman–Crippen LogP) is 2.44. The Morgan fingerprint density at radius 2 is 1.93 bits per heavy atom. The molecule has 2 aromatic rings. The second-order valence-corrected chi connectivity index (χ2v) is 7.59. The maximum atomic E-state index is 13.8. The number of carbonyl (C=O) groups is 2. The van der Waals surface area contributed by atoms with E-state index in [4.69, 9.17) is 0 Å². The van der Waals surface area contributed by atoms with Crippen molar-refractivity contribution in [3.05, 3.63) is 46.8 Å². The number of amides is 2. The highest BCUT2D eigenvalue weighted by molar-refractivity contribution is 5.94. The highest BCUT2D eigenvalue weighted by Gasteiger charge is 2.28. The first kappa shape index (κ1) is 18.6. The lowest BCUT2D eigenvalue weighted by Crippen LogP contribution is -2.41. The van der Waals surface area contributed by atoms with Gasteiger partial charge < -0.3 is 14.8 Å². The summed E-state index contributed by atoms with van der Waals surface area (Å²) < 4.78 is 15.6. The lowest BCUT2D eigenvalue weighted by Gasteiger charge is -2.28. The molecule has 1 aromatic heterocycles. The number of rotatable bonds is 3. The summed E-state index contributed by atoms with van der Waals surface area (Å²) in [4.78, 5) is 26.9. The number of halogens is 1. The number of benzene rings is 1. The SMILES string of the molecule is Cc1ccc(C(=O)N2CCn3c(nnc3C(=O)NC3CCCCC3)C2)cc1F. The average Bonchev–Trinajstić information content (AvgIpc) is 3.13. The standard InChI is InChI=1S/C20H24FN5O2/c1-13-7-8-14(11-16(13)21)20(28)25-9-10-26-17(12-25)23-24-18(26)19(27)22-15-5-3-2-4-6-15/h7-8,11,15H,2-6,9-10,12H2,1H3,(H,22,27). The first-order valence-corrected chi connectivity index (χ1v) is 9.81. The van der Waals surface area contributed by atoms with Crippen LogP contribution in [0.5, 0.6) is 0 Å². The molecule has 1 fully saturated rings. The Kier molecular flexibility index (Phi) is 5.11. The molecule has 2 amide bonds. The van der Waals surface area contributed by atoms with Crippen LogP contribution in [0.4, 0.5) is 4.39 Å². The highest BCUT2D eigenvalue weighted by Crippen LogP contribution is 2.19. The largest absolute Gasteiger partial charge is 0.347 e. The van der Waals surface area contributed by atoms with Gasteiger partial charge in [0.25, 0.3) is 11.8 Å². The van der Waals surface area contributed by atoms with E-state index in [9.17, 15) is 14.0 Å². The Labute approximate surface area is 162 Å². The van der Waals surface area contributed by atoms with Crippen LogP contribution < -0.4 is 5.32 Å². The van der Waals surface area contributed by atoms with Crippen LogP contribution in [0, 0.1) is 12.7 Å². The molecule has 4 rings (SSSR count). The van der Waals surface area contributed by atoms with Crippen LogP contribution in [-0.2, 0) is 13.1 Å². The summed E-state index contributed by atoms with van der Waals surface area (Å²) in [7, 11) is 0. The smallest absolute Gasteiger partial charge is 0.289 e. The molecule has 1 aromatic carbocycles. The van der Waals surface area contributed by atoms with Gasteiger partial charge in [-0.25, -0.2) is 4.39 Å². The van der Waals surface area contributed by atoms with Gasteiger partial charge in [0, 0.05) is 24.7 Å². The zero-order valence-corrected chi connectivity index (χ0v) is 15.9. The fourth-order valence-electron chi connectivity index (χ4n) is 3.90. The molecule has 0 spiro atoms. The summed E-state index contributed by atoms with van der Waals surface area (Å²) in [5.74, 6) is 0.0233. The maximum absolute atomic E-state index is 13.8. The minimum Gasteiger partial charge on any atom is -0.347 e. The van der Waals surface area contributed by atoms with Crippen LogP contribution in [0.15, 0.2) is 18.2 Å². The number of nitrogens with one attached hydrogen (secondary N) is 1. The van der Waals surface area contributed by atoms with E-state index in [-0.39, 0.29) is 24.4 Å². The first-order chi connectivity index (χ1) is 13.5. The molecular weight excluding hydrogens is 361 g/mol. The average molecular weight is 385 g/mol. The molecular formula is C20H24FN5O2. The van der Waals surface area contributed by atoms with Gasteiger partial charge in [-0.15, -0.1) is 10.2 Å². The highest BCUT2D eigenvalue weighted by atomic mass is 19.1. The summed E-state index contributed by atoms with van der Waals surface area (Å²) >= 11 is 0. The van der Waals surface area contributed by atoms with Gasteiger partial charge in [-0.2, -0.15) is 0 Å². The Hall–Kier alpha value is -2.77. The van der Waals surface area contributed by atoms with Crippen molar-refractivity contribution in [3.63, 3.8) is 0 Å². The van der Waals surface area contributed by atoms with Gasteiger partial charge in [-0.3, -0.25) is 9.59 Å². The molecule has 2 heterocycles. The molecule has 1 aliphatic carbocycles. The zero-order valence-electron chi connectivity index (χ0n) is 15.9. The second kappa shape index (κ2) is 7.69. The summed E-state index contributed by atoms with van der Waals surface area (Å²) in [6.45, 7) is 2.77. The fraction of sp³-hybridized carbons (Fsp3) is 0.500. The van der Waals surface area contributed by atoms with Crippen molar-refractivity contribution in [1.82, 2.24) is 25.0 Å². The lowest BCUT2D eigenvalue weighted by atomic mass is 9.95. The van der Waals surface area contributed by atoms with Crippen LogP contribution in [0.1, 0.15) is 64.5 Å². The molecule has 0 radical (unpaired) electrons. The van der Waals surface area contributed by atoms with Gasteiger partial charge in [0.2, 0.25) is 5.82 Å². The van der Waals surface area contributed by atoms with Crippen LogP contribution >= 0.6 is 0 Å². The van der Waals surface area contributed by atoms with Crippen LogP contribution in [0.25, 0.3) is 0 Å². The molecule has 2 aliphatic rings. The van der Waals surface area contributed by atoms with Crippen molar-refractivity contribution in [2.75, 3.05) is 6.54 Å². The summed E-state index contributed by atoms with van der Waals surface area (Å²) in [6, 6.07) is 4.69. The molecule has 0 unspecified atom stereocenters. The van der Waals surface area contributed by atoms with Crippen molar-refractivity contribution in [1.29, 1.82) is 0 Å². The molecule has 1 aliphatic heterocycles. The van der Waals surface area contributed by atoms with Gasteiger partial charge in [-0.05, 0) is 37.5 Å². The molecule has 148 valence electrons. The van der Waals surface area contributed by atoms with Gasteiger partial charge in [-0.1, -0.05) is 25.3 Å². The second-order valence-electron chi connectivity index (χ2n) is 7.59. The van der Waals surface area contributed by atoms with Crippen molar-refractivity contribution in [3.8, 4) is 0 Å². The minimum atomic E-state index is -0.396. The van der Waals surface area contributed by atoms with Crippen LogP contribution in [-0.4, -0.2) is 44.1 Å². The van der Waals surface area contributed by atoms with E-state index in [2.05, 4.69) is 15.5 Å². The number of hydrogen-bond donors (Lipinski definition) is 1. The van der Waals surface area contributed by atoms with Crippen LogP contribution in [0.2, 0.25) is 0 Å². The van der Waals surface area contributed by atoms with Gasteiger partial charge >= 0.3 is 0 Å². The summed E-state index contributed by atoms with van der Waals surface area (Å²) in [5.41, 5.74) is 0.815. The van der Waals surface area contributed by atoms with E-state index in [1.165, 1.54) is 12.5 Å². The van der Waals surface area contributed by atoms with E-state index in [0.29, 0.717) is 35.9 Å². The van der Waals surface area contributed by atoms with Crippen LogP contribution in [0.3, 0.4) is 0 Å². The number of aromatic nitrogens is 3. The number of carbonyl (C=O) groups excluding carboxylic acids is 2. The molecule has 0 saturated heterocycles. The fourth-order valence-corrected chi connectivity index (χ4v) is 3.90. The molecule has 0 atom stereocenters. The lowest BCUT2D eigenvalue weighted by molar-refractivity contribution is 0.0705. The molecule has 7 nitrogen and oxygen atoms in total. The number of nitrogens with zero attached hydrogens (tertiary/aromatic N) is 4. The van der Waals surface area contributed by atoms with Gasteiger partial charge in [0.1, 0.15) is 5.82 Å². The first-order valence-electron chi connectivity index (χ1n) is 9.81. The predicted molar refractivity (Wildman–Crippen MR) is 100 cm³/mol. The molecule has 1 N–H and O–H groups in total. The third-order valence-corrected chi connectivity index (χ3v) is 5.60. The van der Waals surface area contributed by atoms with Crippen molar-refractivity contribution >= 4 is 11.8 Å². The number of hydrogen-bond acceptors (Lipinski definition) is 4. The minimum absolute atomic E-state index is 0.201. The summed E-state index contributed by atoms with van der Waals surface area (Å²) in [5, 5.41) is 11.2. The number of aryl methyl sites for hydroxylation is 1. The third kappa shape index (κ3) is 3.63. The topological polar surface area (TPSA) is 80.1 Å². The van der Waals surface area contributed by atoms with E-state index in [1.54, 1.807) is 28.5 Å². The number of fused-ring (bicyclic) bond motifs is 1. The van der Waals surface area contributed by atoms with Crippen molar-refractivity contribution in [2.45, 2.75) is 58.2 Å². The van der Waals surface area contributed by atoms with E-state index in [1.807, 2.05) is 0 Å². The van der Waals surface area contributed by atoms with Crippen molar-refractivity contribution < 1.29 is 14.0 Å². The van der Waals surface area contributed by atoms with Gasteiger partial charge in [0.05, 0.1) is 6.54 Å². The molecule has 8 heteroatoms. The third-order valence-electron chi connectivity index (χ3n) is 5.60. The molecule has 0 bridgehead atoms. The maximum Gasteiger partial charge on any atom is 0.289 e. The normalized spacial score (nSPS) is 17.3. The van der Waals surface area contributed by atoms with E-state index in [0.717, 1.165) is 25.7 Å². The Bertz CT molecular complexity index is 904. The quantitative estimate of drug-likeness (QED) is 0.880. The summed E-state index contributed by atoms with van der Waals surface area (Å²) in [6.07, 6.45) is 5.50. The van der Waals surface area contributed by atoms with E-state index >= 15 is 0 Å². The zero-order chi connectivity index (χ0) is 19.7. The van der Waals surface area contributed by atoms with Crippen molar-refractivity contribution in [2.24, 2.45) is 0 Å². The molecule has 28 heavy (non-hydrogen) atoms. The van der Waals surface area contributed by atoms with Gasteiger partial charge in [0.15, 0.2) is 5.82 Å². The Morgan fingerprint density at radius 3 is 2.68 bits per heavy atom. The molecule has 1 saturated carbocycles.